The van der Waals surface area contributed by atoms with Crippen LogP contribution in [0.4, 0.5) is 0 Å². The molecular formula is C18H15N3O2. The fourth-order valence-corrected chi connectivity index (χ4v) is 2.29. The zero-order valence-electron chi connectivity index (χ0n) is 12.6. The number of nitrogens with zero attached hydrogens (tertiary/aromatic N) is 2. The molecule has 2 aromatic carbocycles. The van der Waals surface area contributed by atoms with Crippen LogP contribution in [-0.4, -0.2) is 21.7 Å². The van der Waals surface area contributed by atoms with Gasteiger partial charge in [-0.3, -0.25) is 0 Å². The number of aromatic nitrogens is 2. The Hall–Kier alpha value is -3.26. The van der Waals surface area contributed by atoms with E-state index in [2.05, 4.69) is 16.0 Å². The van der Waals surface area contributed by atoms with E-state index in [0.717, 1.165) is 16.6 Å². The Morgan fingerprint density at radius 1 is 1.35 bits per heavy atom. The van der Waals surface area contributed by atoms with Crippen LogP contribution in [-0.2, 0) is 0 Å². The van der Waals surface area contributed by atoms with Crippen molar-refractivity contribution in [2.75, 3.05) is 6.61 Å². The van der Waals surface area contributed by atoms with Gasteiger partial charge in [-0.1, -0.05) is 18.2 Å². The highest BCUT2D eigenvalue weighted by Gasteiger charge is 2.09. The highest BCUT2D eigenvalue weighted by atomic mass is 16.5. The summed E-state index contributed by atoms with van der Waals surface area (Å²) in [4.78, 5) is 7.56. The first-order valence-electron chi connectivity index (χ1n) is 7.24. The monoisotopic (exact) mass is 305 g/mol. The molecule has 2 N–H and O–H groups in total. The van der Waals surface area contributed by atoms with Gasteiger partial charge in [0.05, 0.1) is 23.2 Å². The number of ether oxygens (including phenoxy) is 1. The number of aromatic hydroxyl groups is 1. The number of nitrogens with one attached hydrogen (secondary N) is 1. The lowest BCUT2D eigenvalue weighted by atomic mass is 10.1. The number of hydrogen-bond acceptors (Lipinski definition) is 4. The number of phenols is 1. The Morgan fingerprint density at radius 3 is 2.91 bits per heavy atom. The molecule has 1 aromatic heterocycles. The van der Waals surface area contributed by atoms with Crippen LogP contribution in [0.3, 0.4) is 0 Å². The minimum atomic E-state index is 0.0752. The average molecular weight is 305 g/mol. The Morgan fingerprint density at radius 2 is 2.17 bits per heavy atom. The molecule has 0 radical (unpaired) electrons. The van der Waals surface area contributed by atoms with Crippen molar-refractivity contribution in [2.24, 2.45) is 0 Å². The van der Waals surface area contributed by atoms with E-state index in [1.807, 2.05) is 31.2 Å². The molecular weight excluding hydrogens is 290 g/mol. The number of aromatic amines is 1. The molecule has 5 heteroatoms. The minimum Gasteiger partial charge on any atom is -0.504 e. The number of H-pyrrole nitrogens is 1. The fourth-order valence-electron chi connectivity index (χ4n) is 2.29. The third-order valence-corrected chi connectivity index (χ3v) is 3.36. The first-order valence-corrected chi connectivity index (χ1v) is 7.24. The van der Waals surface area contributed by atoms with Gasteiger partial charge in [0.1, 0.15) is 11.9 Å². The molecule has 114 valence electrons. The third kappa shape index (κ3) is 3.01. The largest absolute Gasteiger partial charge is 0.504 e. The second-order valence-corrected chi connectivity index (χ2v) is 4.93. The molecule has 1 heterocycles. The van der Waals surface area contributed by atoms with E-state index in [4.69, 9.17) is 4.74 Å². The molecule has 3 aromatic rings. The summed E-state index contributed by atoms with van der Waals surface area (Å²) in [6.07, 6.45) is 1.71. The van der Waals surface area contributed by atoms with Crippen LogP contribution in [0, 0.1) is 11.3 Å². The molecule has 0 atom stereocenters. The maximum atomic E-state index is 9.74. The molecule has 5 nitrogen and oxygen atoms in total. The van der Waals surface area contributed by atoms with E-state index in [1.165, 1.54) is 0 Å². The minimum absolute atomic E-state index is 0.0752. The zero-order valence-corrected chi connectivity index (χ0v) is 12.6. The summed E-state index contributed by atoms with van der Waals surface area (Å²) >= 11 is 0. The molecule has 0 saturated heterocycles. The van der Waals surface area contributed by atoms with Gasteiger partial charge in [0.25, 0.3) is 0 Å². The highest BCUT2D eigenvalue weighted by Crippen LogP contribution is 2.28. The van der Waals surface area contributed by atoms with Gasteiger partial charge >= 0.3 is 0 Å². The lowest BCUT2D eigenvalue weighted by Gasteiger charge is -2.06. The number of benzene rings is 2. The molecule has 0 aliphatic rings. The topological polar surface area (TPSA) is 81.9 Å². The Kier molecular flexibility index (Phi) is 3.98. The van der Waals surface area contributed by atoms with E-state index in [9.17, 15) is 10.4 Å². The van der Waals surface area contributed by atoms with Crippen molar-refractivity contribution in [3.63, 3.8) is 0 Å². The van der Waals surface area contributed by atoms with Crippen LogP contribution in [0.15, 0.2) is 42.5 Å². The number of allylic oxidation sites excluding steroid dienone is 1. The molecule has 0 fully saturated rings. The van der Waals surface area contributed by atoms with Gasteiger partial charge in [-0.15, -0.1) is 0 Å². The molecule has 0 aliphatic carbocycles. The number of phenolic OH excluding ortho intramolecular Hbond substituents is 1. The van der Waals surface area contributed by atoms with Gasteiger partial charge in [-0.05, 0) is 42.8 Å². The van der Waals surface area contributed by atoms with Crippen molar-refractivity contribution in [1.29, 1.82) is 5.26 Å². The fraction of sp³-hybridized carbons (Fsp3) is 0.111. The van der Waals surface area contributed by atoms with Crippen LogP contribution >= 0.6 is 0 Å². The number of nitriles is 1. The molecule has 0 unspecified atom stereocenters. The second-order valence-electron chi connectivity index (χ2n) is 4.93. The number of fused-ring (bicyclic) bond motifs is 1. The normalized spacial score (nSPS) is 11.4. The summed E-state index contributed by atoms with van der Waals surface area (Å²) in [5.74, 6) is 0.981. The number of para-hydroxylation sites is 2. The number of rotatable bonds is 4. The first-order chi connectivity index (χ1) is 11.2. The summed E-state index contributed by atoms with van der Waals surface area (Å²) in [6, 6.07) is 14.7. The standard InChI is InChI=1S/C18H15N3O2/c1-2-23-17-10-12(7-8-16(17)22)9-13(11-19)18-20-14-5-3-4-6-15(14)21-18/h3-10,22H,2H2,1H3,(H,20,21). The molecule has 0 saturated carbocycles. The van der Waals surface area contributed by atoms with Gasteiger partial charge in [0.15, 0.2) is 11.5 Å². The maximum absolute atomic E-state index is 9.74. The molecule has 0 aliphatic heterocycles. The summed E-state index contributed by atoms with van der Waals surface area (Å²) in [7, 11) is 0. The van der Waals surface area contributed by atoms with E-state index < -0.39 is 0 Å². The quantitative estimate of drug-likeness (QED) is 0.719. The van der Waals surface area contributed by atoms with Gasteiger partial charge in [-0.2, -0.15) is 5.26 Å². The van der Waals surface area contributed by atoms with Crippen molar-refractivity contribution in [2.45, 2.75) is 6.92 Å². The Labute approximate surface area is 133 Å². The first kappa shape index (κ1) is 14.7. The predicted octanol–water partition coefficient (Wildman–Crippen LogP) is 3.73. The van der Waals surface area contributed by atoms with Crippen molar-refractivity contribution in [1.82, 2.24) is 9.97 Å². The van der Waals surface area contributed by atoms with E-state index >= 15 is 0 Å². The Bertz CT molecular complexity index is 886. The number of imidazole rings is 1. The highest BCUT2D eigenvalue weighted by molar-refractivity contribution is 5.90. The summed E-state index contributed by atoms with van der Waals surface area (Å²) in [5.41, 5.74) is 2.85. The van der Waals surface area contributed by atoms with E-state index in [1.54, 1.807) is 24.3 Å². The van der Waals surface area contributed by atoms with Gasteiger partial charge in [0.2, 0.25) is 0 Å². The zero-order chi connectivity index (χ0) is 16.2. The smallest absolute Gasteiger partial charge is 0.161 e. The van der Waals surface area contributed by atoms with E-state index in [-0.39, 0.29) is 5.75 Å². The van der Waals surface area contributed by atoms with Gasteiger partial charge in [-0.25, -0.2) is 4.98 Å². The number of hydrogen-bond donors (Lipinski definition) is 2. The maximum Gasteiger partial charge on any atom is 0.161 e. The molecule has 3 rings (SSSR count). The average Bonchev–Trinajstić information content (AvgIpc) is 2.99. The Balaban J connectivity index is 2.02. The molecule has 23 heavy (non-hydrogen) atoms. The third-order valence-electron chi connectivity index (χ3n) is 3.36. The van der Waals surface area contributed by atoms with Crippen LogP contribution in [0.1, 0.15) is 18.3 Å². The van der Waals surface area contributed by atoms with E-state index in [0.29, 0.717) is 23.8 Å². The van der Waals surface area contributed by atoms with Crippen LogP contribution in [0.25, 0.3) is 22.7 Å². The van der Waals surface area contributed by atoms with Crippen molar-refractivity contribution in [3.05, 3.63) is 53.9 Å². The van der Waals surface area contributed by atoms with Crippen molar-refractivity contribution in [3.8, 4) is 17.6 Å². The summed E-state index contributed by atoms with van der Waals surface area (Å²) in [5, 5.41) is 19.2. The molecule has 0 spiro atoms. The SMILES string of the molecule is CCOc1cc(C=C(C#N)c2nc3ccccc3[nH]2)ccc1O. The van der Waals surface area contributed by atoms with Crippen LogP contribution in [0.2, 0.25) is 0 Å². The van der Waals surface area contributed by atoms with Gasteiger partial charge in [0, 0.05) is 0 Å². The second kappa shape index (κ2) is 6.24. The lowest BCUT2D eigenvalue weighted by molar-refractivity contribution is 0.318. The van der Waals surface area contributed by atoms with Crippen LogP contribution < -0.4 is 4.74 Å². The predicted molar refractivity (Wildman–Crippen MR) is 88.9 cm³/mol. The van der Waals surface area contributed by atoms with Gasteiger partial charge < -0.3 is 14.8 Å². The molecule has 0 amide bonds. The van der Waals surface area contributed by atoms with Crippen LogP contribution in [0.5, 0.6) is 11.5 Å². The summed E-state index contributed by atoms with van der Waals surface area (Å²) in [6.45, 7) is 2.30. The van der Waals surface area contributed by atoms with Crippen molar-refractivity contribution < 1.29 is 9.84 Å². The lowest BCUT2D eigenvalue weighted by Crippen LogP contribution is -1.92. The van der Waals surface area contributed by atoms with Crippen molar-refractivity contribution >= 4 is 22.7 Å². The summed E-state index contributed by atoms with van der Waals surface area (Å²) < 4.78 is 5.36. The molecule has 0 bridgehead atoms.